The second-order valence-electron chi connectivity index (χ2n) is 3.03. The van der Waals surface area contributed by atoms with Gasteiger partial charge in [0.15, 0.2) is 11.5 Å². The van der Waals surface area contributed by atoms with Crippen LogP contribution in [0.5, 0.6) is 11.5 Å². The van der Waals surface area contributed by atoms with Crippen LogP contribution in [0.2, 0.25) is 0 Å². The zero-order chi connectivity index (χ0) is 11.4. The Labute approximate surface area is 100 Å². The van der Waals surface area contributed by atoms with E-state index in [-0.39, 0.29) is 30.5 Å². The Balaban J connectivity index is 0.00000225. The first-order valence-electron chi connectivity index (χ1n) is 4.41. The second-order valence-corrected chi connectivity index (χ2v) is 3.03. The van der Waals surface area contributed by atoms with Crippen molar-refractivity contribution in [2.75, 3.05) is 13.7 Å². The highest BCUT2D eigenvalue weighted by molar-refractivity contribution is 5.85. The third kappa shape index (κ3) is 2.55. The minimum Gasteiger partial charge on any atom is -0.504 e. The maximum absolute atomic E-state index is 9.79. The number of methoxy groups -OCH3 is 1. The number of hydrogen-bond acceptors (Lipinski definition) is 5. The molecule has 0 radical (unpaired) electrons. The van der Waals surface area contributed by atoms with Gasteiger partial charge in [0, 0.05) is 18.2 Å². The van der Waals surface area contributed by atoms with Crippen molar-refractivity contribution in [2.45, 2.75) is 6.04 Å². The summed E-state index contributed by atoms with van der Waals surface area (Å²) < 4.78 is 4.92. The summed E-state index contributed by atoms with van der Waals surface area (Å²) in [5.41, 5.74) is 11.7. The molecule has 0 bridgehead atoms. The monoisotopic (exact) mass is 243 g/mol. The lowest BCUT2D eigenvalue weighted by atomic mass is 10.00. The van der Waals surface area contributed by atoms with Crippen molar-refractivity contribution in [3.8, 4) is 17.6 Å². The number of nitrogens with two attached hydrogens (primary N) is 2. The van der Waals surface area contributed by atoms with Crippen molar-refractivity contribution >= 4 is 12.4 Å². The molecular weight excluding hydrogens is 230 g/mol. The third-order valence-electron chi connectivity index (χ3n) is 2.15. The molecule has 16 heavy (non-hydrogen) atoms. The fourth-order valence-corrected chi connectivity index (χ4v) is 1.34. The molecule has 5 nitrogen and oxygen atoms in total. The Morgan fingerprint density at radius 3 is 2.62 bits per heavy atom. The summed E-state index contributed by atoms with van der Waals surface area (Å²) in [5, 5.41) is 18.6. The van der Waals surface area contributed by atoms with E-state index in [0.717, 1.165) is 0 Å². The first kappa shape index (κ1) is 14.5. The van der Waals surface area contributed by atoms with E-state index in [1.54, 1.807) is 6.07 Å². The SMILES string of the molecule is COc1ccc(C#N)c([C@@H](N)CN)c1O.Cl. The highest BCUT2D eigenvalue weighted by Gasteiger charge is 2.18. The van der Waals surface area contributed by atoms with Crippen LogP contribution in [0, 0.1) is 11.3 Å². The summed E-state index contributed by atoms with van der Waals surface area (Å²) in [6, 6.07) is 4.44. The van der Waals surface area contributed by atoms with Gasteiger partial charge in [0.25, 0.3) is 0 Å². The summed E-state index contributed by atoms with van der Waals surface area (Å²) in [6.45, 7) is 0.148. The Hall–Kier alpha value is -1.48. The zero-order valence-electron chi connectivity index (χ0n) is 8.80. The highest BCUT2D eigenvalue weighted by Crippen LogP contribution is 2.34. The molecular formula is C10H14ClN3O2. The number of halogens is 1. The van der Waals surface area contributed by atoms with E-state index in [2.05, 4.69) is 0 Å². The molecule has 5 N–H and O–H groups in total. The lowest BCUT2D eigenvalue weighted by molar-refractivity contribution is 0.368. The average Bonchev–Trinajstić information content (AvgIpc) is 2.27. The van der Waals surface area contributed by atoms with Crippen molar-refractivity contribution in [2.24, 2.45) is 11.5 Å². The minimum atomic E-state index is -0.574. The summed E-state index contributed by atoms with van der Waals surface area (Å²) in [5.74, 6) is 0.169. The van der Waals surface area contributed by atoms with Crippen molar-refractivity contribution in [3.05, 3.63) is 23.3 Å². The fraction of sp³-hybridized carbons (Fsp3) is 0.300. The zero-order valence-corrected chi connectivity index (χ0v) is 9.62. The lowest BCUT2D eigenvalue weighted by Crippen LogP contribution is -2.22. The molecule has 0 aliphatic heterocycles. The Kier molecular flexibility index (Phi) is 5.61. The van der Waals surface area contributed by atoms with Gasteiger partial charge >= 0.3 is 0 Å². The Morgan fingerprint density at radius 1 is 1.56 bits per heavy atom. The number of phenols is 1. The summed E-state index contributed by atoms with van der Waals surface area (Å²) >= 11 is 0. The van der Waals surface area contributed by atoms with E-state index >= 15 is 0 Å². The maximum Gasteiger partial charge on any atom is 0.163 e. The molecule has 0 amide bonds. The number of phenolic OH excluding ortho intramolecular Hbond substituents is 1. The van der Waals surface area contributed by atoms with Crippen LogP contribution in [0.1, 0.15) is 17.2 Å². The molecule has 88 valence electrons. The van der Waals surface area contributed by atoms with E-state index in [1.165, 1.54) is 13.2 Å². The number of ether oxygens (including phenoxy) is 1. The number of aromatic hydroxyl groups is 1. The molecule has 0 aliphatic rings. The first-order chi connectivity index (χ1) is 7.15. The Morgan fingerprint density at radius 2 is 2.19 bits per heavy atom. The van der Waals surface area contributed by atoms with Gasteiger partial charge in [-0.25, -0.2) is 0 Å². The number of benzene rings is 1. The number of nitrogens with zero attached hydrogens (tertiary/aromatic N) is 1. The van der Waals surface area contributed by atoms with Crippen LogP contribution in [0.3, 0.4) is 0 Å². The van der Waals surface area contributed by atoms with Crippen molar-refractivity contribution in [1.29, 1.82) is 5.26 Å². The van der Waals surface area contributed by atoms with Gasteiger partial charge in [0.2, 0.25) is 0 Å². The molecule has 0 saturated heterocycles. The first-order valence-corrected chi connectivity index (χ1v) is 4.41. The number of nitriles is 1. The molecule has 1 atom stereocenters. The van der Waals surface area contributed by atoms with Crippen LogP contribution in [-0.4, -0.2) is 18.8 Å². The van der Waals surface area contributed by atoms with Crippen LogP contribution in [-0.2, 0) is 0 Å². The van der Waals surface area contributed by atoms with Gasteiger partial charge in [0.1, 0.15) is 0 Å². The quantitative estimate of drug-likeness (QED) is 0.723. The molecule has 1 rings (SSSR count). The normalized spacial score (nSPS) is 11.1. The number of rotatable bonds is 3. The molecule has 0 saturated carbocycles. The predicted molar refractivity (Wildman–Crippen MR) is 62.6 cm³/mol. The van der Waals surface area contributed by atoms with Gasteiger partial charge in [-0.2, -0.15) is 5.26 Å². The average molecular weight is 244 g/mol. The smallest absolute Gasteiger partial charge is 0.163 e. The lowest BCUT2D eigenvalue weighted by Gasteiger charge is -2.15. The van der Waals surface area contributed by atoms with Gasteiger partial charge in [-0.3, -0.25) is 0 Å². The topological polar surface area (TPSA) is 105 Å². The fourth-order valence-electron chi connectivity index (χ4n) is 1.34. The Bertz CT molecular complexity index is 404. The summed E-state index contributed by atoms with van der Waals surface area (Å²) in [6.07, 6.45) is 0. The molecule has 0 heterocycles. The van der Waals surface area contributed by atoms with Crippen LogP contribution in [0.15, 0.2) is 12.1 Å². The molecule has 0 fully saturated rings. The van der Waals surface area contributed by atoms with Crippen molar-refractivity contribution in [1.82, 2.24) is 0 Å². The molecule has 0 spiro atoms. The largest absolute Gasteiger partial charge is 0.504 e. The molecule has 6 heteroatoms. The van der Waals surface area contributed by atoms with Gasteiger partial charge in [-0.15, -0.1) is 12.4 Å². The predicted octanol–water partition coefficient (Wildman–Crippen LogP) is 0.653. The van der Waals surface area contributed by atoms with E-state index in [1.807, 2.05) is 6.07 Å². The van der Waals surface area contributed by atoms with Crippen molar-refractivity contribution < 1.29 is 9.84 Å². The molecule has 0 unspecified atom stereocenters. The van der Waals surface area contributed by atoms with Gasteiger partial charge in [-0.05, 0) is 12.1 Å². The second kappa shape index (κ2) is 6.18. The summed E-state index contributed by atoms with van der Waals surface area (Å²) in [7, 11) is 1.43. The van der Waals surface area contributed by atoms with Crippen LogP contribution in [0.4, 0.5) is 0 Å². The van der Waals surface area contributed by atoms with Gasteiger partial charge < -0.3 is 21.3 Å². The summed E-state index contributed by atoms with van der Waals surface area (Å²) in [4.78, 5) is 0. The van der Waals surface area contributed by atoms with Gasteiger partial charge in [-0.1, -0.05) is 0 Å². The molecule has 1 aromatic rings. The molecule has 0 aliphatic carbocycles. The highest BCUT2D eigenvalue weighted by atomic mass is 35.5. The molecule has 1 aromatic carbocycles. The number of hydrogen-bond donors (Lipinski definition) is 3. The molecule has 0 aromatic heterocycles. The van der Waals surface area contributed by atoms with Crippen LogP contribution in [0.25, 0.3) is 0 Å². The van der Waals surface area contributed by atoms with Crippen molar-refractivity contribution in [3.63, 3.8) is 0 Å². The van der Waals surface area contributed by atoms with E-state index in [9.17, 15) is 5.11 Å². The minimum absolute atomic E-state index is 0. The van der Waals surface area contributed by atoms with E-state index in [4.69, 9.17) is 21.5 Å². The van der Waals surface area contributed by atoms with Crippen LogP contribution < -0.4 is 16.2 Å². The standard InChI is InChI=1S/C10H13N3O2.ClH/c1-15-8-3-2-6(4-11)9(10(8)14)7(13)5-12;/h2-3,7,14H,5,12-13H2,1H3;1H/t7-;/m0./s1. The van der Waals surface area contributed by atoms with Crippen LogP contribution >= 0.6 is 12.4 Å². The maximum atomic E-state index is 9.79. The van der Waals surface area contributed by atoms with E-state index in [0.29, 0.717) is 11.1 Å². The van der Waals surface area contributed by atoms with E-state index < -0.39 is 6.04 Å². The van der Waals surface area contributed by atoms with Gasteiger partial charge in [0.05, 0.1) is 18.7 Å². The third-order valence-corrected chi connectivity index (χ3v) is 2.15.